The summed E-state index contributed by atoms with van der Waals surface area (Å²) < 4.78 is 40.3. The monoisotopic (exact) mass is 445 g/mol. The summed E-state index contributed by atoms with van der Waals surface area (Å²) in [5.74, 6) is 0.806. The lowest BCUT2D eigenvalue weighted by Gasteiger charge is -2.35. The highest BCUT2D eigenvalue weighted by Gasteiger charge is 2.31. The Kier molecular flexibility index (Phi) is 5.10. The van der Waals surface area contributed by atoms with E-state index in [-0.39, 0.29) is 6.03 Å². The number of piperazine rings is 1. The Bertz CT molecular complexity index is 1130. The van der Waals surface area contributed by atoms with Crippen LogP contribution in [0.5, 0.6) is 0 Å². The van der Waals surface area contributed by atoms with Crippen molar-refractivity contribution in [3.8, 4) is 0 Å². The molecule has 0 unspecified atom stereocenters. The molecule has 2 aliphatic heterocycles. The van der Waals surface area contributed by atoms with Crippen LogP contribution < -0.4 is 9.80 Å². The molecule has 11 heteroatoms. The Morgan fingerprint density at radius 1 is 0.906 bits per heavy atom. The molecule has 5 rings (SSSR count). The highest BCUT2D eigenvalue weighted by atomic mass is 19.4. The van der Waals surface area contributed by atoms with Crippen LogP contribution in [-0.2, 0) is 6.18 Å². The van der Waals surface area contributed by atoms with E-state index in [9.17, 15) is 18.0 Å². The summed E-state index contributed by atoms with van der Waals surface area (Å²) in [7, 11) is 0. The van der Waals surface area contributed by atoms with Gasteiger partial charge in [0, 0.05) is 45.0 Å². The van der Waals surface area contributed by atoms with Gasteiger partial charge in [0.15, 0.2) is 5.65 Å². The lowest BCUT2D eigenvalue weighted by molar-refractivity contribution is -0.137. The van der Waals surface area contributed by atoms with E-state index < -0.39 is 11.7 Å². The molecule has 1 amide bonds. The molecule has 0 spiro atoms. The number of aromatic nitrogens is 4. The third kappa shape index (κ3) is 3.82. The van der Waals surface area contributed by atoms with Crippen LogP contribution in [0.3, 0.4) is 0 Å². The summed E-state index contributed by atoms with van der Waals surface area (Å²) in [4.78, 5) is 23.4. The van der Waals surface area contributed by atoms with E-state index in [1.165, 1.54) is 10.7 Å². The van der Waals surface area contributed by atoms with E-state index in [4.69, 9.17) is 0 Å². The van der Waals surface area contributed by atoms with Crippen molar-refractivity contribution in [3.63, 3.8) is 0 Å². The number of fused-ring (bicyclic) bond motifs is 1. The van der Waals surface area contributed by atoms with Gasteiger partial charge in [0.1, 0.15) is 11.3 Å². The SMILES string of the molecule is O=C(N1CCN(c2cccc(C(F)(F)F)c2)CC1)n1nnc2ccc(N3CCCC3)nc21. The second kappa shape index (κ2) is 7.95. The molecular weight excluding hydrogens is 423 g/mol. The van der Waals surface area contributed by atoms with E-state index in [1.807, 2.05) is 17.0 Å². The van der Waals surface area contributed by atoms with Crippen LogP contribution in [0.1, 0.15) is 18.4 Å². The molecule has 2 aliphatic rings. The molecule has 8 nitrogen and oxygen atoms in total. The molecule has 2 saturated heterocycles. The molecule has 2 aromatic heterocycles. The molecule has 4 heterocycles. The third-order valence-electron chi connectivity index (χ3n) is 5.98. The lowest BCUT2D eigenvalue weighted by atomic mass is 10.1. The second-order valence-corrected chi connectivity index (χ2v) is 8.01. The normalized spacial score (nSPS) is 17.4. The number of hydrogen-bond donors (Lipinski definition) is 0. The van der Waals surface area contributed by atoms with Crippen molar-refractivity contribution in [2.24, 2.45) is 0 Å². The molecule has 0 bridgehead atoms. The number of carbonyl (C=O) groups is 1. The average molecular weight is 445 g/mol. The second-order valence-electron chi connectivity index (χ2n) is 8.01. The fourth-order valence-electron chi connectivity index (χ4n) is 4.22. The average Bonchev–Trinajstić information content (AvgIpc) is 3.48. The molecule has 1 aromatic carbocycles. The maximum absolute atomic E-state index is 13.1. The molecule has 0 saturated carbocycles. The zero-order valence-corrected chi connectivity index (χ0v) is 17.3. The summed E-state index contributed by atoms with van der Waals surface area (Å²) in [6.07, 6.45) is -2.15. The van der Waals surface area contributed by atoms with Gasteiger partial charge in [0.05, 0.1) is 5.56 Å². The number of rotatable bonds is 2. The minimum absolute atomic E-state index is 0.331. The number of pyridine rings is 1. The summed E-state index contributed by atoms with van der Waals surface area (Å²) in [6, 6.07) is 8.64. The zero-order chi connectivity index (χ0) is 22.3. The van der Waals surface area contributed by atoms with E-state index >= 15 is 0 Å². The van der Waals surface area contributed by atoms with Crippen LogP contribution in [-0.4, -0.2) is 70.2 Å². The third-order valence-corrected chi connectivity index (χ3v) is 5.98. The highest BCUT2D eigenvalue weighted by Crippen LogP contribution is 2.32. The number of nitrogens with zero attached hydrogens (tertiary/aromatic N) is 7. The molecule has 0 N–H and O–H groups in total. The summed E-state index contributed by atoms with van der Waals surface area (Å²) in [6.45, 7) is 3.44. The van der Waals surface area contributed by atoms with Crippen molar-refractivity contribution in [1.29, 1.82) is 0 Å². The highest BCUT2D eigenvalue weighted by molar-refractivity contribution is 5.86. The molecule has 0 aliphatic carbocycles. The van der Waals surface area contributed by atoms with Crippen LogP contribution in [0.4, 0.5) is 29.5 Å². The van der Waals surface area contributed by atoms with Gasteiger partial charge in [-0.1, -0.05) is 11.3 Å². The number of hydrogen-bond acceptors (Lipinski definition) is 6. The molecular formula is C21H22F3N7O. The van der Waals surface area contributed by atoms with E-state index in [2.05, 4.69) is 20.2 Å². The molecule has 2 fully saturated rings. The summed E-state index contributed by atoms with van der Waals surface area (Å²) in [5, 5.41) is 8.07. The minimum Gasteiger partial charge on any atom is -0.368 e. The lowest BCUT2D eigenvalue weighted by Crippen LogP contribution is -2.50. The quantitative estimate of drug-likeness (QED) is 0.603. The standard InChI is InChI=1S/C21H22F3N7O/c22-21(23,24)15-4-3-5-16(14-15)28-10-12-30(13-11-28)20(32)31-19-17(26-27-31)6-7-18(25-19)29-8-1-2-9-29/h3-7,14H,1-2,8-13H2. The van der Waals surface area contributed by atoms with Crippen molar-refractivity contribution in [2.45, 2.75) is 19.0 Å². The zero-order valence-electron chi connectivity index (χ0n) is 17.3. The fourth-order valence-corrected chi connectivity index (χ4v) is 4.22. The van der Waals surface area contributed by atoms with Crippen molar-refractivity contribution in [3.05, 3.63) is 42.0 Å². The molecule has 3 aromatic rings. The van der Waals surface area contributed by atoms with Gasteiger partial charge in [-0.3, -0.25) is 0 Å². The first-order valence-electron chi connectivity index (χ1n) is 10.6. The van der Waals surface area contributed by atoms with Crippen LogP contribution in [0.2, 0.25) is 0 Å². The van der Waals surface area contributed by atoms with Gasteiger partial charge in [-0.2, -0.15) is 13.2 Å². The number of alkyl halides is 3. The smallest absolute Gasteiger partial charge is 0.368 e. The van der Waals surface area contributed by atoms with E-state index in [0.29, 0.717) is 43.0 Å². The Morgan fingerprint density at radius 2 is 1.66 bits per heavy atom. The number of benzene rings is 1. The van der Waals surface area contributed by atoms with Crippen molar-refractivity contribution in [1.82, 2.24) is 24.9 Å². The van der Waals surface area contributed by atoms with Gasteiger partial charge < -0.3 is 14.7 Å². The van der Waals surface area contributed by atoms with Crippen LogP contribution in [0.25, 0.3) is 11.2 Å². The van der Waals surface area contributed by atoms with Gasteiger partial charge in [0.25, 0.3) is 0 Å². The first-order chi connectivity index (χ1) is 15.4. The van der Waals surface area contributed by atoms with Gasteiger partial charge in [-0.15, -0.1) is 9.78 Å². The van der Waals surface area contributed by atoms with E-state index in [0.717, 1.165) is 43.9 Å². The largest absolute Gasteiger partial charge is 0.416 e. The topological polar surface area (TPSA) is 70.4 Å². The summed E-state index contributed by atoms with van der Waals surface area (Å²) >= 11 is 0. The number of anilines is 2. The van der Waals surface area contributed by atoms with Crippen LogP contribution >= 0.6 is 0 Å². The van der Waals surface area contributed by atoms with Gasteiger partial charge in [-0.05, 0) is 43.2 Å². The predicted octanol–water partition coefficient (Wildman–Crippen LogP) is 3.24. The first kappa shape index (κ1) is 20.5. The Balaban J connectivity index is 1.30. The fraction of sp³-hybridized carbons (Fsp3) is 0.429. The first-order valence-corrected chi connectivity index (χ1v) is 10.6. The van der Waals surface area contributed by atoms with Crippen molar-refractivity contribution < 1.29 is 18.0 Å². The molecule has 168 valence electrons. The van der Waals surface area contributed by atoms with Crippen molar-refractivity contribution >= 4 is 28.7 Å². The van der Waals surface area contributed by atoms with E-state index in [1.54, 1.807) is 11.0 Å². The van der Waals surface area contributed by atoms with Gasteiger partial charge in [-0.25, -0.2) is 9.78 Å². The molecule has 32 heavy (non-hydrogen) atoms. The predicted molar refractivity (Wildman–Crippen MR) is 113 cm³/mol. The Hall–Kier alpha value is -3.37. The Labute approximate surface area is 182 Å². The van der Waals surface area contributed by atoms with Crippen molar-refractivity contribution in [2.75, 3.05) is 49.1 Å². The summed E-state index contributed by atoms with van der Waals surface area (Å²) in [5.41, 5.74) is 0.779. The number of amides is 1. The molecule has 0 atom stereocenters. The number of halogens is 3. The maximum Gasteiger partial charge on any atom is 0.416 e. The number of carbonyl (C=O) groups excluding carboxylic acids is 1. The maximum atomic E-state index is 13.1. The van der Waals surface area contributed by atoms with Gasteiger partial charge in [0.2, 0.25) is 0 Å². The Morgan fingerprint density at radius 3 is 2.38 bits per heavy atom. The van der Waals surface area contributed by atoms with Crippen LogP contribution in [0.15, 0.2) is 36.4 Å². The minimum atomic E-state index is -4.39. The van der Waals surface area contributed by atoms with Gasteiger partial charge >= 0.3 is 12.2 Å². The van der Waals surface area contributed by atoms with Crippen LogP contribution in [0, 0.1) is 0 Å². The molecule has 0 radical (unpaired) electrons.